The highest BCUT2D eigenvalue weighted by molar-refractivity contribution is 7.89. The molecule has 2 heterocycles. The van der Waals surface area contributed by atoms with Gasteiger partial charge in [0.1, 0.15) is 18.5 Å². The van der Waals surface area contributed by atoms with Crippen LogP contribution in [0.5, 0.6) is 5.75 Å². The van der Waals surface area contributed by atoms with E-state index in [1.807, 2.05) is 18.2 Å². The monoisotopic (exact) mass is 459 g/mol. The fourth-order valence-electron chi connectivity index (χ4n) is 4.11. The van der Waals surface area contributed by atoms with Crippen LogP contribution in [0, 0.1) is 0 Å². The Balaban J connectivity index is 1.42. The van der Waals surface area contributed by atoms with E-state index in [-0.39, 0.29) is 28.9 Å². The van der Waals surface area contributed by atoms with Gasteiger partial charge < -0.3 is 15.2 Å². The summed E-state index contributed by atoms with van der Waals surface area (Å²) in [6.07, 6.45) is 1.51. The van der Waals surface area contributed by atoms with Gasteiger partial charge in [0.2, 0.25) is 10.0 Å². The molecule has 1 amide bonds. The molecule has 2 aromatic carbocycles. The Bertz CT molecular complexity index is 1040. The number of ether oxygens (including phenoxy) is 2. The molecule has 1 atom stereocenters. The Labute approximate surface area is 189 Å². The first-order valence-electron chi connectivity index (χ1n) is 10.9. The number of nitrogens with zero attached hydrogens (tertiary/aromatic N) is 2. The average Bonchev–Trinajstić information content (AvgIpc) is 3.34. The van der Waals surface area contributed by atoms with Gasteiger partial charge in [-0.15, -0.1) is 0 Å². The van der Waals surface area contributed by atoms with Gasteiger partial charge in [-0.3, -0.25) is 9.69 Å². The zero-order chi connectivity index (χ0) is 22.6. The van der Waals surface area contributed by atoms with E-state index in [2.05, 4.69) is 17.0 Å². The second kappa shape index (κ2) is 9.99. The number of carbonyl (C=O) groups is 1. The third-order valence-corrected chi connectivity index (χ3v) is 7.71. The predicted molar refractivity (Wildman–Crippen MR) is 120 cm³/mol. The van der Waals surface area contributed by atoms with E-state index in [1.54, 1.807) is 0 Å². The van der Waals surface area contributed by atoms with Gasteiger partial charge in [-0.05, 0) is 36.6 Å². The van der Waals surface area contributed by atoms with E-state index in [0.29, 0.717) is 26.2 Å². The van der Waals surface area contributed by atoms with Crippen LogP contribution in [0.4, 0.5) is 0 Å². The number of carbonyl (C=O) groups excluding carboxylic acids is 1. The van der Waals surface area contributed by atoms with Crippen LogP contribution in [-0.2, 0) is 21.3 Å². The molecule has 0 aromatic heterocycles. The van der Waals surface area contributed by atoms with Crippen molar-refractivity contribution in [2.45, 2.75) is 30.4 Å². The Hall–Kier alpha value is -2.46. The van der Waals surface area contributed by atoms with E-state index in [0.717, 1.165) is 25.9 Å². The first-order valence-corrected chi connectivity index (χ1v) is 12.3. The SMILES string of the molecule is NC(=O)c1cc(S(=O)(=O)N2CCCC2)ccc1OCC1CN(Cc2ccccc2)CCO1. The molecule has 2 fully saturated rings. The fraction of sp³-hybridized carbons (Fsp3) is 0.435. The number of hydrogen-bond acceptors (Lipinski definition) is 6. The Morgan fingerprint density at radius 1 is 1.09 bits per heavy atom. The number of amides is 1. The normalized spacial score (nSPS) is 20.3. The summed E-state index contributed by atoms with van der Waals surface area (Å²) in [6.45, 7) is 4.18. The van der Waals surface area contributed by atoms with Crippen molar-refractivity contribution in [1.29, 1.82) is 0 Å². The molecule has 2 aliphatic heterocycles. The van der Waals surface area contributed by atoms with Crippen molar-refractivity contribution in [3.8, 4) is 5.75 Å². The average molecular weight is 460 g/mol. The van der Waals surface area contributed by atoms with Crippen molar-refractivity contribution in [3.05, 3.63) is 59.7 Å². The fourth-order valence-corrected chi connectivity index (χ4v) is 5.66. The van der Waals surface area contributed by atoms with Crippen LogP contribution in [-0.4, -0.2) is 69.0 Å². The number of primary amides is 1. The van der Waals surface area contributed by atoms with Gasteiger partial charge in [-0.2, -0.15) is 4.31 Å². The molecular formula is C23H29N3O5S. The van der Waals surface area contributed by atoms with Crippen LogP contribution in [0.1, 0.15) is 28.8 Å². The molecule has 32 heavy (non-hydrogen) atoms. The highest BCUT2D eigenvalue weighted by atomic mass is 32.2. The van der Waals surface area contributed by atoms with E-state index in [1.165, 1.54) is 28.1 Å². The maximum absolute atomic E-state index is 12.8. The van der Waals surface area contributed by atoms with Gasteiger partial charge in [-0.25, -0.2) is 8.42 Å². The van der Waals surface area contributed by atoms with E-state index in [9.17, 15) is 13.2 Å². The number of benzene rings is 2. The molecule has 2 aliphatic rings. The molecular weight excluding hydrogens is 430 g/mol. The van der Waals surface area contributed by atoms with Gasteiger partial charge in [0, 0.05) is 32.7 Å². The lowest BCUT2D eigenvalue weighted by atomic mass is 10.2. The van der Waals surface area contributed by atoms with Crippen molar-refractivity contribution in [2.75, 3.05) is 39.4 Å². The van der Waals surface area contributed by atoms with Crippen LogP contribution in [0.3, 0.4) is 0 Å². The van der Waals surface area contributed by atoms with E-state index < -0.39 is 15.9 Å². The minimum absolute atomic E-state index is 0.0576. The molecule has 2 saturated heterocycles. The highest BCUT2D eigenvalue weighted by Crippen LogP contribution is 2.27. The quantitative estimate of drug-likeness (QED) is 0.646. The van der Waals surface area contributed by atoms with E-state index in [4.69, 9.17) is 15.2 Å². The van der Waals surface area contributed by atoms with Crippen molar-refractivity contribution < 1.29 is 22.7 Å². The summed E-state index contributed by atoms with van der Waals surface area (Å²) in [6, 6.07) is 14.5. The van der Waals surface area contributed by atoms with Gasteiger partial charge in [0.05, 0.1) is 17.1 Å². The third kappa shape index (κ3) is 5.29. The van der Waals surface area contributed by atoms with Crippen molar-refractivity contribution in [2.24, 2.45) is 5.73 Å². The molecule has 4 rings (SSSR count). The molecule has 0 saturated carbocycles. The zero-order valence-corrected chi connectivity index (χ0v) is 18.8. The molecule has 0 aliphatic carbocycles. The Morgan fingerprint density at radius 2 is 1.84 bits per heavy atom. The van der Waals surface area contributed by atoms with Crippen LogP contribution in [0.25, 0.3) is 0 Å². The minimum atomic E-state index is -3.65. The summed E-state index contributed by atoms with van der Waals surface area (Å²) in [5, 5.41) is 0. The number of rotatable bonds is 8. The molecule has 0 radical (unpaired) electrons. The van der Waals surface area contributed by atoms with Crippen molar-refractivity contribution in [3.63, 3.8) is 0 Å². The topological polar surface area (TPSA) is 102 Å². The first kappa shape index (κ1) is 22.7. The van der Waals surface area contributed by atoms with Crippen LogP contribution in [0.15, 0.2) is 53.4 Å². The molecule has 0 spiro atoms. The van der Waals surface area contributed by atoms with Gasteiger partial charge in [0.15, 0.2) is 0 Å². The largest absolute Gasteiger partial charge is 0.490 e. The smallest absolute Gasteiger partial charge is 0.252 e. The summed E-state index contributed by atoms with van der Waals surface area (Å²) in [4.78, 5) is 14.4. The summed E-state index contributed by atoms with van der Waals surface area (Å²) >= 11 is 0. The molecule has 1 unspecified atom stereocenters. The maximum atomic E-state index is 12.8. The Kier molecular flexibility index (Phi) is 7.10. The number of morpholine rings is 1. The molecule has 2 aromatic rings. The summed E-state index contributed by atoms with van der Waals surface area (Å²) in [5.41, 5.74) is 6.82. The van der Waals surface area contributed by atoms with Gasteiger partial charge >= 0.3 is 0 Å². The van der Waals surface area contributed by atoms with E-state index >= 15 is 0 Å². The summed E-state index contributed by atoms with van der Waals surface area (Å²) < 4.78 is 38.8. The molecule has 8 nitrogen and oxygen atoms in total. The van der Waals surface area contributed by atoms with Crippen molar-refractivity contribution in [1.82, 2.24) is 9.21 Å². The second-order valence-electron chi connectivity index (χ2n) is 8.16. The third-order valence-electron chi connectivity index (χ3n) is 5.82. The number of sulfonamides is 1. The second-order valence-corrected chi connectivity index (χ2v) is 10.1. The molecule has 2 N–H and O–H groups in total. The lowest BCUT2D eigenvalue weighted by Gasteiger charge is -2.33. The van der Waals surface area contributed by atoms with Crippen LogP contribution in [0.2, 0.25) is 0 Å². The lowest BCUT2D eigenvalue weighted by molar-refractivity contribution is -0.0505. The molecule has 0 bridgehead atoms. The number of hydrogen-bond donors (Lipinski definition) is 1. The maximum Gasteiger partial charge on any atom is 0.252 e. The summed E-state index contributed by atoms with van der Waals surface area (Å²) in [7, 11) is -3.65. The Morgan fingerprint density at radius 3 is 2.56 bits per heavy atom. The molecule has 172 valence electrons. The van der Waals surface area contributed by atoms with Crippen LogP contribution >= 0.6 is 0 Å². The predicted octanol–water partition coefficient (Wildman–Crippen LogP) is 1.85. The number of nitrogens with two attached hydrogens (primary N) is 1. The summed E-state index contributed by atoms with van der Waals surface area (Å²) in [5.74, 6) is -0.463. The van der Waals surface area contributed by atoms with Crippen LogP contribution < -0.4 is 10.5 Å². The van der Waals surface area contributed by atoms with Gasteiger partial charge in [0.25, 0.3) is 5.91 Å². The van der Waals surface area contributed by atoms with Crippen molar-refractivity contribution >= 4 is 15.9 Å². The zero-order valence-electron chi connectivity index (χ0n) is 18.0. The van der Waals surface area contributed by atoms with Gasteiger partial charge in [-0.1, -0.05) is 30.3 Å². The highest BCUT2D eigenvalue weighted by Gasteiger charge is 2.29. The molecule has 9 heteroatoms. The standard InChI is InChI=1S/C23H29N3O5S/c24-23(27)21-14-20(32(28,29)26-10-4-5-11-26)8-9-22(21)31-17-19-16-25(12-13-30-19)15-18-6-2-1-3-7-18/h1-3,6-9,14,19H,4-5,10-13,15-17H2,(H2,24,27). The minimum Gasteiger partial charge on any atom is -0.490 e. The first-order chi connectivity index (χ1) is 15.4. The lowest BCUT2D eigenvalue weighted by Crippen LogP contribution is -2.44.